The van der Waals surface area contributed by atoms with Gasteiger partial charge < -0.3 is 9.47 Å². The number of ether oxygens (including phenoxy) is 2. The second-order valence-corrected chi connectivity index (χ2v) is 5.50. The lowest BCUT2D eigenvalue weighted by molar-refractivity contribution is -0.145. The average Bonchev–Trinajstić information content (AvgIpc) is 2.59. The van der Waals surface area contributed by atoms with E-state index >= 15 is 0 Å². The van der Waals surface area contributed by atoms with E-state index in [1.807, 2.05) is 42.5 Å². The predicted octanol–water partition coefficient (Wildman–Crippen LogP) is 3.46. The summed E-state index contributed by atoms with van der Waals surface area (Å²) in [7, 11) is 0. The van der Waals surface area contributed by atoms with Crippen LogP contribution >= 0.6 is 11.6 Å². The van der Waals surface area contributed by atoms with Gasteiger partial charge in [-0.05, 0) is 18.1 Å². The Morgan fingerprint density at radius 2 is 2.00 bits per heavy atom. The van der Waals surface area contributed by atoms with Crippen molar-refractivity contribution in [1.29, 1.82) is 0 Å². The number of hydrogen-bond acceptors (Lipinski definition) is 3. The van der Waals surface area contributed by atoms with E-state index in [2.05, 4.69) is 0 Å². The Kier molecular flexibility index (Phi) is 5.62. The molecule has 0 saturated carbocycles. The molecule has 1 aliphatic rings. The summed E-state index contributed by atoms with van der Waals surface area (Å²) in [5, 5.41) is -0.0867. The third-order valence-corrected chi connectivity index (χ3v) is 3.49. The van der Waals surface area contributed by atoms with Crippen LogP contribution in [-0.2, 0) is 20.9 Å². The Hall–Kier alpha value is -1.32. The van der Waals surface area contributed by atoms with Gasteiger partial charge in [0.25, 0.3) is 0 Å². The van der Waals surface area contributed by atoms with Crippen LogP contribution in [0.5, 0.6) is 0 Å². The van der Waals surface area contributed by atoms with Gasteiger partial charge in [0.15, 0.2) is 0 Å². The molecule has 4 heteroatoms. The van der Waals surface area contributed by atoms with Crippen LogP contribution in [0.15, 0.2) is 42.5 Å². The summed E-state index contributed by atoms with van der Waals surface area (Å²) in [5.74, 6) is -0.283. The number of carbonyl (C=O) groups is 1. The van der Waals surface area contributed by atoms with Crippen LogP contribution in [0.25, 0.3) is 0 Å². The fourth-order valence-electron chi connectivity index (χ4n) is 2.23. The van der Waals surface area contributed by atoms with Crippen molar-refractivity contribution in [2.45, 2.75) is 44.0 Å². The molecule has 0 N–H and O–H groups in total. The largest absolute Gasteiger partial charge is 0.458 e. The first-order valence-corrected chi connectivity index (χ1v) is 7.22. The zero-order chi connectivity index (χ0) is 14.4. The Morgan fingerprint density at radius 1 is 1.25 bits per heavy atom. The molecule has 0 aromatic heterocycles. The first-order valence-electron chi connectivity index (χ1n) is 6.78. The zero-order valence-electron chi connectivity index (χ0n) is 11.5. The number of allylic oxidation sites excluding steroid dienone is 1. The molecule has 2 rings (SSSR count). The number of rotatable bonds is 4. The lowest BCUT2D eigenvalue weighted by Crippen LogP contribution is -2.23. The van der Waals surface area contributed by atoms with Crippen LogP contribution in [0.3, 0.4) is 0 Å². The number of alkyl halides is 1. The molecule has 0 saturated heterocycles. The van der Waals surface area contributed by atoms with Crippen molar-refractivity contribution >= 4 is 17.6 Å². The number of esters is 1. The topological polar surface area (TPSA) is 35.5 Å². The average molecular weight is 295 g/mol. The van der Waals surface area contributed by atoms with E-state index in [0.717, 1.165) is 12.0 Å². The van der Waals surface area contributed by atoms with E-state index in [-0.39, 0.29) is 23.6 Å². The Bertz CT molecular complexity index is 458. The quantitative estimate of drug-likeness (QED) is 0.485. The Morgan fingerprint density at radius 3 is 2.70 bits per heavy atom. The molecular formula is C16H19ClO3. The van der Waals surface area contributed by atoms with Crippen molar-refractivity contribution in [3.8, 4) is 0 Å². The maximum Gasteiger partial charge on any atom is 0.303 e. The Balaban J connectivity index is 1.91. The van der Waals surface area contributed by atoms with E-state index in [0.29, 0.717) is 13.0 Å². The van der Waals surface area contributed by atoms with Crippen LogP contribution in [-0.4, -0.2) is 23.6 Å². The molecule has 0 fully saturated rings. The normalized spacial score (nSPS) is 26.0. The van der Waals surface area contributed by atoms with Gasteiger partial charge >= 0.3 is 5.97 Å². The first kappa shape index (κ1) is 15.1. The predicted molar refractivity (Wildman–Crippen MR) is 78.6 cm³/mol. The molecule has 3 nitrogen and oxygen atoms in total. The molecule has 3 atom stereocenters. The molecule has 108 valence electrons. The smallest absolute Gasteiger partial charge is 0.303 e. The van der Waals surface area contributed by atoms with Crippen LogP contribution < -0.4 is 0 Å². The minimum atomic E-state index is -0.283. The second-order valence-electron chi connectivity index (χ2n) is 4.94. The summed E-state index contributed by atoms with van der Waals surface area (Å²) in [5.41, 5.74) is 1.12. The van der Waals surface area contributed by atoms with Gasteiger partial charge in [-0.3, -0.25) is 4.79 Å². The molecule has 0 amide bonds. The molecule has 0 radical (unpaired) electrons. The molecule has 1 aromatic carbocycles. The van der Waals surface area contributed by atoms with Crippen molar-refractivity contribution < 1.29 is 14.3 Å². The van der Waals surface area contributed by atoms with E-state index < -0.39 is 0 Å². The van der Waals surface area contributed by atoms with E-state index in [9.17, 15) is 4.79 Å². The highest BCUT2D eigenvalue weighted by molar-refractivity contribution is 6.21. The summed E-state index contributed by atoms with van der Waals surface area (Å²) < 4.78 is 11.2. The lowest BCUT2D eigenvalue weighted by atomic mass is 10.1. The molecule has 3 unspecified atom stereocenters. The van der Waals surface area contributed by atoms with Crippen LogP contribution in [0, 0.1) is 0 Å². The van der Waals surface area contributed by atoms with Crippen LogP contribution in [0.4, 0.5) is 0 Å². The van der Waals surface area contributed by atoms with Gasteiger partial charge in [-0.1, -0.05) is 36.4 Å². The Labute approximate surface area is 124 Å². The second kappa shape index (κ2) is 7.46. The monoisotopic (exact) mass is 294 g/mol. The third kappa shape index (κ3) is 4.99. The zero-order valence-corrected chi connectivity index (χ0v) is 12.3. The van der Waals surface area contributed by atoms with Gasteiger partial charge in [-0.2, -0.15) is 0 Å². The number of benzene rings is 1. The molecule has 0 bridgehead atoms. The number of hydrogen-bond donors (Lipinski definition) is 0. The molecule has 0 aliphatic heterocycles. The lowest BCUT2D eigenvalue weighted by Gasteiger charge is -2.20. The van der Waals surface area contributed by atoms with Crippen LogP contribution in [0.2, 0.25) is 0 Å². The van der Waals surface area contributed by atoms with Crippen molar-refractivity contribution in [1.82, 2.24) is 0 Å². The van der Waals surface area contributed by atoms with Gasteiger partial charge in [0.1, 0.15) is 6.10 Å². The minimum Gasteiger partial charge on any atom is -0.458 e. The molecule has 1 aromatic rings. The van der Waals surface area contributed by atoms with Gasteiger partial charge in [0.05, 0.1) is 18.1 Å². The van der Waals surface area contributed by atoms with E-state index in [1.54, 1.807) is 0 Å². The minimum absolute atomic E-state index is 0.0166. The fourth-order valence-corrected chi connectivity index (χ4v) is 2.52. The van der Waals surface area contributed by atoms with Gasteiger partial charge in [0, 0.05) is 13.3 Å². The summed E-state index contributed by atoms with van der Waals surface area (Å²) in [6.07, 6.45) is 4.83. The SMILES string of the molecule is CC(=O)OC1C=CC(Cl)CC(OCc2ccccc2)C1. The molecule has 20 heavy (non-hydrogen) atoms. The molecule has 1 aliphatic carbocycles. The van der Waals surface area contributed by atoms with E-state index in [1.165, 1.54) is 6.92 Å². The van der Waals surface area contributed by atoms with Crippen molar-refractivity contribution in [3.63, 3.8) is 0 Å². The highest BCUT2D eigenvalue weighted by Crippen LogP contribution is 2.22. The maximum absolute atomic E-state index is 11.1. The summed E-state index contributed by atoms with van der Waals surface area (Å²) in [4.78, 5) is 11.1. The van der Waals surface area contributed by atoms with Crippen molar-refractivity contribution in [3.05, 3.63) is 48.0 Å². The van der Waals surface area contributed by atoms with Crippen LogP contribution in [0.1, 0.15) is 25.3 Å². The summed E-state index contributed by atoms with van der Waals surface area (Å²) in [6.45, 7) is 1.96. The molecule has 0 heterocycles. The third-order valence-electron chi connectivity index (χ3n) is 3.16. The summed E-state index contributed by atoms with van der Waals surface area (Å²) in [6, 6.07) is 10.00. The molecule has 0 spiro atoms. The fraction of sp³-hybridized carbons (Fsp3) is 0.438. The van der Waals surface area contributed by atoms with Crippen molar-refractivity contribution in [2.75, 3.05) is 0 Å². The number of carbonyl (C=O) groups excluding carboxylic acids is 1. The highest BCUT2D eigenvalue weighted by Gasteiger charge is 2.23. The standard InChI is InChI=1S/C16H19ClO3/c1-12(18)20-15-8-7-14(17)9-16(10-15)19-11-13-5-3-2-4-6-13/h2-8,14-16H,9-11H2,1H3. The van der Waals surface area contributed by atoms with E-state index in [4.69, 9.17) is 21.1 Å². The summed E-state index contributed by atoms with van der Waals surface area (Å²) >= 11 is 6.19. The first-order chi connectivity index (χ1) is 9.63. The van der Waals surface area contributed by atoms with Gasteiger partial charge in [0.2, 0.25) is 0 Å². The highest BCUT2D eigenvalue weighted by atomic mass is 35.5. The van der Waals surface area contributed by atoms with Crippen molar-refractivity contribution in [2.24, 2.45) is 0 Å². The maximum atomic E-state index is 11.1. The van der Waals surface area contributed by atoms with Gasteiger partial charge in [-0.15, -0.1) is 11.6 Å². The number of halogens is 1. The van der Waals surface area contributed by atoms with Gasteiger partial charge in [-0.25, -0.2) is 0 Å². The molecular weight excluding hydrogens is 276 g/mol.